The van der Waals surface area contributed by atoms with Crippen molar-refractivity contribution in [3.63, 3.8) is 0 Å². The van der Waals surface area contributed by atoms with Gasteiger partial charge >= 0.3 is 0 Å². The Bertz CT molecular complexity index is 557. The molecule has 0 spiro atoms. The highest BCUT2D eigenvalue weighted by atomic mass is 16.2. The standard InChI is InChI=1S/C18H26N4O2/c23-17(14-5-2-8-19-12-14)22-15-6-1-4-13(10-15)11-21-18(24)16-7-3-9-20-16/h2,5,8,12-13,15-16,20H,1,3-4,6-7,9-11H2,(H,21,24)(H,22,23)/t13?,15-,16-/m0/s1. The highest BCUT2D eigenvalue weighted by Crippen LogP contribution is 2.24. The first-order valence-corrected chi connectivity index (χ1v) is 8.94. The molecule has 1 aromatic heterocycles. The molecule has 6 heteroatoms. The molecule has 2 amide bonds. The second kappa shape index (κ2) is 8.24. The Labute approximate surface area is 142 Å². The van der Waals surface area contributed by atoms with Crippen molar-refractivity contribution in [2.24, 2.45) is 5.92 Å². The van der Waals surface area contributed by atoms with Gasteiger partial charge in [-0.05, 0) is 56.7 Å². The molecule has 3 atom stereocenters. The smallest absolute Gasteiger partial charge is 0.253 e. The first-order chi connectivity index (χ1) is 11.7. The summed E-state index contributed by atoms with van der Waals surface area (Å²) in [5.74, 6) is 0.491. The van der Waals surface area contributed by atoms with Gasteiger partial charge in [0.15, 0.2) is 0 Å². The van der Waals surface area contributed by atoms with Crippen LogP contribution in [0, 0.1) is 5.92 Å². The second-order valence-electron chi connectivity index (χ2n) is 6.84. The molecule has 1 saturated heterocycles. The van der Waals surface area contributed by atoms with E-state index in [1.54, 1.807) is 24.5 Å². The number of nitrogens with one attached hydrogen (secondary N) is 3. The number of aromatic nitrogens is 1. The molecule has 2 fully saturated rings. The van der Waals surface area contributed by atoms with Crippen LogP contribution in [0.5, 0.6) is 0 Å². The molecule has 1 aliphatic heterocycles. The number of carbonyl (C=O) groups excluding carboxylic acids is 2. The Morgan fingerprint density at radius 2 is 2.17 bits per heavy atom. The normalized spacial score (nSPS) is 26.8. The summed E-state index contributed by atoms with van der Waals surface area (Å²) in [4.78, 5) is 28.3. The molecule has 1 aliphatic carbocycles. The van der Waals surface area contributed by atoms with E-state index >= 15 is 0 Å². The lowest BCUT2D eigenvalue weighted by atomic mass is 9.85. The number of amides is 2. The zero-order valence-electron chi connectivity index (χ0n) is 14.0. The predicted molar refractivity (Wildman–Crippen MR) is 91.5 cm³/mol. The largest absolute Gasteiger partial charge is 0.354 e. The molecule has 0 aromatic carbocycles. The van der Waals surface area contributed by atoms with Gasteiger partial charge in [0.2, 0.25) is 5.91 Å². The first-order valence-electron chi connectivity index (χ1n) is 8.94. The van der Waals surface area contributed by atoms with Crippen LogP contribution in [0.25, 0.3) is 0 Å². The van der Waals surface area contributed by atoms with Gasteiger partial charge in [-0.2, -0.15) is 0 Å². The van der Waals surface area contributed by atoms with E-state index in [9.17, 15) is 9.59 Å². The van der Waals surface area contributed by atoms with Gasteiger partial charge in [-0.1, -0.05) is 6.42 Å². The molecular weight excluding hydrogens is 304 g/mol. The average molecular weight is 330 g/mol. The van der Waals surface area contributed by atoms with E-state index in [0.29, 0.717) is 18.0 Å². The summed E-state index contributed by atoms with van der Waals surface area (Å²) >= 11 is 0. The van der Waals surface area contributed by atoms with Crippen LogP contribution >= 0.6 is 0 Å². The van der Waals surface area contributed by atoms with Crippen LogP contribution in [0.1, 0.15) is 48.9 Å². The Kier molecular flexibility index (Phi) is 5.80. The number of rotatable bonds is 5. The van der Waals surface area contributed by atoms with Crippen molar-refractivity contribution in [1.29, 1.82) is 0 Å². The van der Waals surface area contributed by atoms with E-state index in [1.165, 1.54) is 0 Å². The van der Waals surface area contributed by atoms with Crippen LogP contribution in [-0.4, -0.2) is 42.0 Å². The minimum atomic E-state index is -0.0621. The molecule has 2 heterocycles. The molecule has 6 nitrogen and oxygen atoms in total. The third-order valence-corrected chi connectivity index (χ3v) is 4.98. The Hall–Kier alpha value is -1.95. The molecule has 3 N–H and O–H groups in total. The van der Waals surface area contributed by atoms with Crippen molar-refractivity contribution in [3.05, 3.63) is 30.1 Å². The Morgan fingerprint density at radius 3 is 2.92 bits per heavy atom. The van der Waals surface area contributed by atoms with E-state index in [-0.39, 0.29) is 23.9 Å². The molecule has 3 rings (SSSR count). The molecule has 1 unspecified atom stereocenters. The van der Waals surface area contributed by atoms with E-state index < -0.39 is 0 Å². The van der Waals surface area contributed by atoms with Crippen molar-refractivity contribution >= 4 is 11.8 Å². The van der Waals surface area contributed by atoms with Crippen LogP contribution in [0.15, 0.2) is 24.5 Å². The third-order valence-electron chi connectivity index (χ3n) is 4.98. The Balaban J connectivity index is 1.44. The number of nitrogens with zero attached hydrogens (tertiary/aromatic N) is 1. The number of hydrogen-bond donors (Lipinski definition) is 3. The maximum absolute atomic E-state index is 12.2. The molecule has 0 radical (unpaired) electrons. The maximum atomic E-state index is 12.2. The molecule has 130 valence electrons. The summed E-state index contributed by atoms with van der Waals surface area (Å²) in [6.07, 6.45) is 9.37. The lowest BCUT2D eigenvalue weighted by molar-refractivity contribution is -0.123. The molecule has 2 aliphatic rings. The van der Waals surface area contributed by atoms with Gasteiger partial charge in [0.25, 0.3) is 5.91 Å². The van der Waals surface area contributed by atoms with Gasteiger partial charge in [-0.25, -0.2) is 0 Å². The monoisotopic (exact) mass is 330 g/mol. The van der Waals surface area contributed by atoms with Crippen molar-refractivity contribution in [2.75, 3.05) is 13.1 Å². The van der Waals surface area contributed by atoms with Crippen LogP contribution < -0.4 is 16.0 Å². The fraction of sp³-hybridized carbons (Fsp3) is 0.611. The van der Waals surface area contributed by atoms with Gasteiger partial charge in [0, 0.05) is 25.0 Å². The van der Waals surface area contributed by atoms with Crippen LogP contribution in [0.4, 0.5) is 0 Å². The summed E-state index contributed by atoms with van der Waals surface area (Å²) in [5.41, 5.74) is 0.597. The van der Waals surface area contributed by atoms with Crippen LogP contribution in [-0.2, 0) is 4.79 Å². The lowest BCUT2D eigenvalue weighted by Crippen LogP contribution is -2.44. The van der Waals surface area contributed by atoms with E-state index in [4.69, 9.17) is 0 Å². The average Bonchev–Trinajstić information content (AvgIpc) is 3.15. The first kappa shape index (κ1) is 16.9. The summed E-state index contributed by atoms with van der Waals surface area (Å²) in [5, 5.41) is 9.40. The summed E-state index contributed by atoms with van der Waals surface area (Å²) < 4.78 is 0. The fourth-order valence-electron chi connectivity index (χ4n) is 3.65. The highest BCUT2D eigenvalue weighted by molar-refractivity contribution is 5.94. The molecule has 1 aromatic rings. The minimum absolute atomic E-state index is 0.0188. The summed E-state index contributed by atoms with van der Waals surface area (Å²) in [7, 11) is 0. The number of carbonyl (C=O) groups is 2. The molecule has 0 bridgehead atoms. The fourth-order valence-corrected chi connectivity index (χ4v) is 3.65. The molecule has 24 heavy (non-hydrogen) atoms. The highest BCUT2D eigenvalue weighted by Gasteiger charge is 2.26. The SMILES string of the molecule is O=C(N[C@H]1CCCC(CNC(=O)[C@@H]2CCCN2)C1)c1cccnc1. The molecule has 1 saturated carbocycles. The third kappa shape index (κ3) is 4.54. The number of pyridine rings is 1. The van der Waals surface area contributed by atoms with E-state index in [1.807, 2.05) is 0 Å². The van der Waals surface area contributed by atoms with Crippen molar-refractivity contribution < 1.29 is 9.59 Å². The quantitative estimate of drug-likeness (QED) is 0.758. The minimum Gasteiger partial charge on any atom is -0.354 e. The van der Waals surface area contributed by atoms with E-state index in [0.717, 1.165) is 45.1 Å². The van der Waals surface area contributed by atoms with Gasteiger partial charge < -0.3 is 16.0 Å². The summed E-state index contributed by atoms with van der Waals surface area (Å²) in [6.45, 7) is 1.64. The summed E-state index contributed by atoms with van der Waals surface area (Å²) in [6, 6.07) is 3.70. The lowest BCUT2D eigenvalue weighted by Gasteiger charge is -2.30. The predicted octanol–water partition coefficient (Wildman–Crippen LogP) is 1.24. The van der Waals surface area contributed by atoms with Gasteiger partial charge in [0.05, 0.1) is 11.6 Å². The van der Waals surface area contributed by atoms with Gasteiger partial charge in [-0.15, -0.1) is 0 Å². The van der Waals surface area contributed by atoms with Crippen molar-refractivity contribution in [3.8, 4) is 0 Å². The van der Waals surface area contributed by atoms with Crippen molar-refractivity contribution in [2.45, 2.75) is 50.6 Å². The second-order valence-corrected chi connectivity index (χ2v) is 6.84. The van der Waals surface area contributed by atoms with Gasteiger partial charge in [-0.3, -0.25) is 14.6 Å². The zero-order valence-corrected chi connectivity index (χ0v) is 14.0. The van der Waals surface area contributed by atoms with Crippen LogP contribution in [0.3, 0.4) is 0 Å². The number of hydrogen-bond acceptors (Lipinski definition) is 4. The van der Waals surface area contributed by atoms with Gasteiger partial charge in [0.1, 0.15) is 0 Å². The zero-order chi connectivity index (χ0) is 16.8. The van der Waals surface area contributed by atoms with E-state index in [2.05, 4.69) is 20.9 Å². The molecular formula is C18H26N4O2. The Morgan fingerprint density at radius 1 is 1.25 bits per heavy atom. The topological polar surface area (TPSA) is 83.1 Å². The maximum Gasteiger partial charge on any atom is 0.253 e. The van der Waals surface area contributed by atoms with Crippen LogP contribution in [0.2, 0.25) is 0 Å². The van der Waals surface area contributed by atoms with Crippen molar-refractivity contribution in [1.82, 2.24) is 20.9 Å².